The lowest BCUT2D eigenvalue weighted by molar-refractivity contribution is 0.754. The van der Waals surface area contributed by atoms with E-state index in [2.05, 4.69) is 49.9 Å². The maximum Gasteiger partial charge on any atom is 0.0340 e. The molecule has 0 saturated carbocycles. The number of nitrogens with one attached hydrogen (secondary N) is 1. The molecule has 1 aromatic rings. The van der Waals surface area contributed by atoms with Crippen molar-refractivity contribution in [2.75, 3.05) is 11.9 Å². The molecule has 1 N–H and O–H groups in total. The zero-order valence-corrected chi connectivity index (χ0v) is 9.92. The summed E-state index contributed by atoms with van der Waals surface area (Å²) in [5.74, 6) is 0. The Bertz CT molecular complexity index is 251. The van der Waals surface area contributed by atoms with E-state index in [0.717, 1.165) is 13.0 Å². The van der Waals surface area contributed by atoms with Crippen molar-refractivity contribution < 1.29 is 0 Å². The lowest BCUT2D eigenvalue weighted by Gasteiger charge is -2.06. The van der Waals surface area contributed by atoms with Gasteiger partial charge in [-0.1, -0.05) is 38.8 Å². The Morgan fingerprint density at radius 2 is 1.87 bits per heavy atom. The molecule has 1 rings (SSSR count). The summed E-state index contributed by atoms with van der Waals surface area (Å²) in [6.45, 7) is 5.39. The summed E-state index contributed by atoms with van der Waals surface area (Å²) in [6, 6.07) is 8.74. The summed E-state index contributed by atoms with van der Waals surface area (Å²) < 4.78 is 0. The molecule has 0 unspecified atom stereocenters. The number of rotatable bonds is 7. The highest BCUT2D eigenvalue weighted by atomic mass is 14.9. The number of hydrogen-bond donors (Lipinski definition) is 1. The van der Waals surface area contributed by atoms with E-state index in [0.29, 0.717) is 0 Å². The van der Waals surface area contributed by atoms with Crippen molar-refractivity contribution in [3.63, 3.8) is 0 Å². The maximum absolute atomic E-state index is 3.44. The van der Waals surface area contributed by atoms with Gasteiger partial charge in [0.1, 0.15) is 0 Å². The summed E-state index contributed by atoms with van der Waals surface area (Å²) in [5, 5.41) is 3.44. The largest absolute Gasteiger partial charge is 0.385 e. The van der Waals surface area contributed by atoms with Gasteiger partial charge in [0.15, 0.2) is 0 Å². The fourth-order valence-electron chi connectivity index (χ4n) is 1.56. The molecule has 0 fully saturated rings. The number of benzene rings is 1. The fourth-order valence-corrected chi connectivity index (χ4v) is 1.56. The first-order valence-corrected chi connectivity index (χ1v) is 5.97. The van der Waals surface area contributed by atoms with Crippen LogP contribution in [-0.2, 0) is 6.42 Å². The molecular weight excluding hydrogens is 182 g/mol. The van der Waals surface area contributed by atoms with Crippen LogP contribution in [0, 0.1) is 6.42 Å². The van der Waals surface area contributed by atoms with E-state index < -0.39 is 0 Å². The molecule has 0 aliphatic heterocycles. The highest BCUT2D eigenvalue weighted by Gasteiger charge is 1.92. The van der Waals surface area contributed by atoms with Gasteiger partial charge in [-0.2, -0.15) is 0 Å². The lowest BCUT2D eigenvalue weighted by atomic mass is 10.1. The Labute approximate surface area is 93.9 Å². The summed E-state index contributed by atoms with van der Waals surface area (Å²) >= 11 is 0. The molecule has 0 saturated heterocycles. The van der Waals surface area contributed by atoms with Crippen molar-refractivity contribution in [2.45, 2.75) is 39.5 Å². The van der Waals surface area contributed by atoms with Gasteiger partial charge in [0.05, 0.1) is 0 Å². The first-order chi connectivity index (χ1) is 7.36. The second-order valence-corrected chi connectivity index (χ2v) is 3.88. The quantitative estimate of drug-likeness (QED) is 0.660. The number of anilines is 1. The average molecular weight is 204 g/mol. The number of hydrogen-bond acceptors (Lipinski definition) is 1. The Hall–Kier alpha value is -0.980. The van der Waals surface area contributed by atoms with Crippen LogP contribution in [0.4, 0.5) is 5.69 Å². The van der Waals surface area contributed by atoms with E-state index in [1.807, 2.05) is 0 Å². The predicted molar refractivity (Wildman–Crippen MR) is 68.1 cm³/mol. The van der Waals surface area contributed by atoms with Crippen LogP contribution in [0.25, 0.3) is 0 Å². The maximum atomic E-state index is 3.44. The van der Waals surface area contributed by atoms with Gasteiger partial charge >= 0.3 is 0 Å². The van der Waals surface area contributed by atoms with Crippen LogP contribution in [-0.4, -0.2) is 6.54 Å². The molecule has 83 valence electrons. The van der Waals surface area contributed by atoms with Crippen LogP contribution in [0.3, 0.4) is 0 Å². The van der Waals surface area contributed by atoms with Gasteiger partial charge in [0.2, 0.25) is 0 Å². The first-order valence-electron chi connectivity index (χ1n) is 5.97. The molecule has 0 amide bonds. The molecule has 0 spiro atoms. The van der Waals surface area contributed by atoms with Crippen LogP contribution < -0.4 is 5.32 Å². The first kappa shape index (κ1) is 12.1. The molecule has 0 heterocycles. The molecule has 1 radical (unpaired) electrons. The predicted octanol–water partition coefficient (Wildman–Crippen LogP) is 4.06. The highest BCUT2D eigenvalue weighted by molar-refractivity contribution is 5.44. The summed E-state index contributed by atoms with van der Waals surface area (Å²) in [6.07, 6.45) is 7.12. The topological polar surface area (TPSA) is 12.0 Å². The lowest BCUT2D eigenvalue weighted by Crippen LogP contribution is -2.01. The Balaban J connectivity index is 2.20. The van der Waals surface area contributed by atoms with E-state index >= 15 is 0 Å². The van der Waals surface area contributed by atoms with E-state index in [1.54, 1.807) is 0 Å². The molecule has 15 heavy (non-hydrogen) atoms. The summed E-state index contributed by atoms with van der Waals surface area (Å²) in [5.41, 5.74) is 2.65. The van der Waals surface area contributed by atoms with E-state index in [-0.39, 0.29) is 0 Å². The van der Waals surface area contributed by atoms with Crippen molar-refractivity contribution in [2.24, 2.45) is 0 Å². The van der Waals surface area contributed by atoms with Gasteiger partial charge in [-0.25, -0.2) is 0 Å². The van der Waals surface area contributed by atoms with Crippen LogP contribution in [0.2, 0.25) is 0 Å². The second kappa shape index (κ2) is 7.33. The zero-order chi connectivity index (χ0) is 10.9. The zero-order valence-electron chi connectivity index (χ0n) is 9.92. The number of aryl methyl sites for hydroxylation is 1. The van der Waals surface area contributed by atoms with Gasteiger partial charge in [-0.15, -0.1) is 0 Å². The third kappa shape index (κ3) is 4.87. The van der Waals surface area contributed by atoms with E-state index in [1.165, 1.54) is 30.5 Å². The molecular formula is C14H22N. The molecule has 0 aliphatic carbocycles. The summed E-state index contributed by atoms with van der Waals surface area (Å²) in [7, 11) is 0. The molecule has 0 aliphatic rings. The molecule has 0 atom stereocenters. The van der Waals surface area contributed by atoms with Crippen molar-refractivity contribution in [3.8, 4) is 0 Å². The standard InChI is InChI=1S/C14H22N/c1-3-5-6-7-12-15-14-10-8-13(4-2)9-11-14/h3,8-11,15H,4-7,12H2,1-2H3. The van der Waals surface area contributed by atoms with Gasteiger partial charge in [-0.3, -0.25) is 0 Å². The highest BCUT2D eigenvalue weighted by Crippen LogP contribution is 2.10. The third-order valence-electron chi connectivity index (χ3n) is 2.61. The molecule has 0 bridgehead atoms. The van der Waals surface area contributed by atoms with Crippen LogP contribution in [0.5, 0.6) is 0 Å². The van der Waals surface area contributed by atoms with Crippen LogP contribution in [0.1, 0.15) is 38.7 Å². The molecule has 0 aromatic heterocycles. The van der Waals surface area contributed by atoms with Crippen LogP contribution in [0.15, 0.2) is 24.3 Å². The third-order valence-corrected chi connectivity index (χ3v) is 2.61. The minimum atomic E-state index is 1.08. The van der Waals surface area contributed by atoms with Crippen molar-refractivity contribution in [1.82, 2.24) is 0 Å². The van der Waals surface area contributed by atoms with Gasteiger partial charge in [0.25, 0.3) is 0 Å². The van der Waals surface area contributed by atoms with Crippen molar-refractivity contribution >= 4 is 5.69 Å². The Kier molecular flexibility index (Phi) is 5.91. The normalized spacial score (nSPS) is 10.3. The summed E-state index contributed by atoms with van der Waals surface area (Å²) in [4.78, 5) is 0. The fraction of sp³-hybridized carbons (Fsp3) is 0.500. The minimum Gasteiger partial charge on any atom is -0.385 e. The molecule has 1 heteroatoms. The smallest absolute Gasteiger partial charge is 0.0340 e. The monoisotopic (exact) mass is 204 g/mol. The van der Waals surface area contributed by atoms with Crippen LogP contribution >= 0.6 is 0 Å². The number of unbranched alkanes of at least 4 members (excludes halogenated alkanes) is 3. The van der Waals surface area contributed by atoms with Gasteiger partial charge < -0.3 is 5.32 Å². The van der Waals surface area contributed by atoms with Crippen molar-refractivity contribution in [1.29, 1.82) is 0 Å². The van der Waals surface area contributed by atoms with E-state index in [9.17, 15) is 0 Å². The second-order valence-electron chi connectivity index (χ2n) is 3.88. The van der Waals surface area contributed by atoms with Crippen molar-refractivity contribution in [3.05, 3.63) is 36.2 Å². The van der Waals surface area contributed by atoms with E-state index in [4.69, 9.17) is 0 Å². The minimum absolute atomic E-state index is 1.08. The van der Waals surface area contributed by atoms with Gasteiger partial charge in [-0.05, 0) is 37.0 Å². The molecule has 1 nitrogen and oxygen atoms in total. The SMILES string of the molecule is C[CH]CCCCNc1ccc(CC)cc1. The Morgan fingerprint density at radius 1 is 1.13 bits per heavy atom. The van der Waals surface area contributed by atoms with Gasteiger partial charge in [0, 0.05) is 12.2 Å². The molecule has 1 aromatic carbocycles. The average Bonchev–Trinajstić information content (AvgIpc) is 2.30. The Morgan fingerprint density at radius 3 is 2.47 bits per heavy atom.